The fourth-order valence-electron chi connectivity index (χ4n) is 3.66. The Hall–Kier alpha value is -2.72. The first-order valence-electron chi connectivity index (χ1n) is 9.81. The van der Waals surface area contributed by atoms with Crippen molar-refractivity contribution in [1.82, 2.24) is 5.32 Å². The first-order valence-corrected chi connectivity index (χ1v) is 9.81. The molecule has 0 unspecified atom stereocenters. The summed E-state index contributed by atoms with van der Waals surface area (Å²) in [7, 11) is 0. The lowest BCUT2D eigenvalue weighted by Crippen LogP contribution is -2.58. The second-order valence-electron chi connectivity index (χ2n) is 7.64. The molecule has 1 N–H and O–H groups in total. The molecule has 0 bridgehead atoms. The van der Waals surface area contributed by atoms with Gasteiger partial charge in [0.25, 0.3) is 5.91 Å². The predicted molar refractivity (Wildman–Crippen MR) is 97.9 cm³/mol. The number of esters is 1. The number of rotatable bonds is 6. The zero-order chi connectivity index (χ0) is 22.8. The summed E-state index contributed by atoms with van der Waals surface area (Å²) in [4.78, 5) is 29.2. The number of oxime groups is 1. The standard InChI is InChI=1S/C20H21F5N2O4/c1-2-5-30-17(28)11-3-4-15(8-11)26-18(29)19(20(23,24)25)10-16(27-31-19)12-6-13(21)9-14(22)7-12/h6-7,9,11,15H,2-5,8,10H2,1H3,(H,26,29)/t11-,15+,19-/m1/s1. The van der Waals surface area contributed by atoms with Crippen LogP contribution in [-0.2, 0) is 19.2 Å². The van der Waals surface area contributed by atoms with Crippen LogP contribution in [0.5, 0.6) is 0 Å². The van der Waals surface area contributed by atoms with Crippen LogP contribution in [-0.4, -0.2) is 42.0 Å². The van der Waals surface area contributed by atoms with Crippen LogP contribution in [0.15, 0.2) is 23.4 Å². The summed E-state index contributed by atoms with van der Waals surface area (Å²) in [5.74, 6) is -4.43. The molecule has 3 rings (SSSR count). The van der Waals surface area contributed by atoms with Crippen LogP contribution in [0.2, 0.25) is 0 Å². The highest BCUT2D eigenvalue weighted by Crippen LogP contribution is 2.42. The molecule has 1 saturated carbocycles. The van der Waals surface area contributed by atoms with Gasteiger partial charge in [-0.2, -0.15) is 13.2 Å². The normalized spacial score (nSPS) is 25.7. The van der Waals surface area contributed by atoms with E-state index in [0.29, 0.717) is 25.3 Å². The molecule has 2 aliphatic rings. The van der Waals surface area contributed by atoms with Crippen molar-refractivity contribution < 1.29 is 41.1 Å². The lowest BCUT2D eigenvalue weighted by Gasteiger charge is -2.29. The molecule has 0 radical (unpaired) electrons. The van der Waals surface area contributed by atoms with Crippen molar-refractivity contribution in [3.05, 3.63) is 35.4 Å². The molecule has 11 heteroatoms. The zero-order valence-corrected chi connectivity index (χ0v) is 16.6. The zero-order valence-electron chi connectivity index (χ0n) is 16.6. The lowest BCUT2D eigenvalue weighted by molar-refractivity contribution is -0.259. The summed E-state index contributed by atoms with van der Waals surface area (Å²) in [5, 5.41) is 5.60. The molecular weight excluding hydrogens is 427 g/mol. The van der Waals surface area contributed by atoms with E-state index in [-0.39, 0.29) is 18.6 Å². The van der Waals surface area contributed by atoms with Crippen molar-refractivity contribution in [2.24, 2.45) is 11.1 Å². The van der Waals surface area contributed by atoms with Gasteiger partial charge >= 0.3 is 17.7 Å². The molecule has 1 heterocycles. The number of halogens is 5. The molecule has 0 saturated heterocycles. The number of hydrogen-bond acceptors (Lipinski definition) is 5. The summed E-state index contributed by atoms with van der Waals surface area (Å²) < 4.78 is 73.5. The van der Waals surface area contributed by atoms with Crippen molar-refractivity contribution in [3.63, 3.8) is 0 Å². The quantitative estimate of drug-likeness (QED) is 0.533. The number of nitrogens with one attached hydrogen (secondary N) is 1. The number of nitrogens with zero attached hydrogens (tertiary/aromatic N) is 1. The van der Waals surface area contributed by atoms with Crippen molar-refractivity contribution in [2.75, 3.05) is 6.61 Å². The number of benzene rings is 1. The van der Waals surface area contributed by atoms with Gasteiger partial charge in [0.15, 0.2) is 0 Å². The van der Waals surface area contributed by atoms with Crippen molar-refractivity contribution in [2.45, 2.75) is 56.8 Å². The third-order valence-electron chi connectivity index (χ3n) is 5.30. The van der Waals surface area contributed by atoms with Crippen LogP contribution >= 0.6 is 0 Å². The van der Waals surface area contributed by atoms with Gasteiger partial charge in [0.05, 0.1) is 24.7 Å². The first-order chi connectivity index (χ1) is 14.6. The van der Waals surface area contributed by atoms with Crippen LogP contribution in [0, 0.1) is 17.6 Å². The second kappa shape index (κ2) is 8.80. The smallest absolute Gasteiger partial charge is 0.440 e. The number of ether oxygens (including phenoxy) is 1. The van der Waals surface area contributed by atoms with E-state index in [0.717, 1.165) is 12.1 Å². The fourth-order valence-corrected chi connectivity index (χ4v) is 3.66. The van der Waals surface area contributed by atoms with Gasteiger partial charge in [-0.1, -0.05) is 12.1 Å². The first kappa shape index (κ1) is 23.0. The van der Waals surface area contributed by atoms with E-state index >= 15 is 0 Å². The Labute approximate surface area is 174 Å². The molecule has 0 aromatic heterocycles. The molecule has 1 aliphatic carbocycles. The minimum absolute atomic E-state index is 0.144. The number of carbonyl (C=O) groups excluding carboxylic acids is 2. The summed E-state index contributed by atoms with van der Waals surface area (Å²) >= 11 is 0. The van der Waals surface area contributed by atoms with Gasteiger partial charge in [0.2, 0.25) is 0 Å². The Morgan fingerprint density at radius 2 is 1.90 bits per heavy atom. The molecule has 6 nitrogen and oxygen atoms in total. The van der Waals surface area contributed by atoms with Gasteiger partial charge < -0.3 is 14.9 Å². The molecular formula is C20H21F5N2O4. The van der Waals surface area contributed by atoms with E-state index in [1.54, 1.807) is 0 Å². The molecule has 1 aromatic carbocycles. The van der Waals surface area contributed by atoms with E-state index in [1.165, 1.54) is 0 Å². The Kier molecular flexibility index (Phi) is 6.51. The highest BCUT2D eigenvalue weighted by atomic mass is 19.4. The lowest BCUT2D eigenvalue weighted by atomic mass is 9.92. The topological polar surface area (TPSA) is 77.0 Å². The van der Waals surface area contributed by atoms with Crippen molar-refractivity contribution >= 4 is 17.6 Å². The van der Waals surface area contributed by atoms with E-state index in [9.17, 15) is 31.5 Å². The van der Waals surface area contributed by atoms with Gasteiger partial charge in [-0.05, 0) is 37.8 Å². The largest absolute Gasteiger partial charge is 0.465 e. The molecule has 0 spiro atoms. The van der Waals surface area contributed by atoms with Crippen LogP contribution in [0.3, 0.4) is 0 Å². The maximum absolute atomic E-state index is 13.9. The van der Waals surface area contributed by atoms with Crippen molar-refractivity contribution in [1.29, 1.82) is 0 Å². The van der Waals surface area contributed by atoms with Crippen LogP contribution in [0.1, 0.15) is 44.6 Å². The predicted octanol–water partition coefficient (Wildman–Crippen LogP) is 3.63. The number of carbonyl (C=O) groups is 2. The van der Waals surface area contributed by atoms with Crippen LogP contribution in [0.4, 0.5) is 22.0 Å². The van der Waals surface area contributed by atoms with E-state index in [2.05, 4.69) is 15.3 Å². The minimum atomic E-state index is -5.15. The number of amides is 1. The number of alkyl halides is 3. The van der Waals surface area contributed by atoms with Gasteiger partial charge in [-0.25, -0.2) is 8.78 Å². The summed E-state index contributed by atoms with van der Waals surface area (Å²) in [6.45, 7) is 2.08. The molecule has 1 aliphatic heterocycles. The maximum atomic E-state index is 13.9. The Morgan fingerprint density at radius 3 is 2.52 bits per heavy atom. The van der Waals surface area contributed by atoms with Gasteiger partial charge in [0.1, 0.15) is 11.6 Å². The average Bonchev–Trinajstić information content (AvgIpc) is 3.33. The second-order valence-corrected chi connectivity index (χ2v) is 7.64. The highest BCUT2D eigenvalue weighted by Gasteiger charge is 2.66. The van der Waals surface area contributed by atoms with Gasteiger partial charge in [-0.3, -0.25) is 9.59 Å². The fraction of sp³-hybridized carbons (Fsp3) is 0.550. The average molecular weight is 448 g/mol. The summed E-state index contributed by atoms with van der Waals surface area (Å²) in [6, 6.07) is 1.49. The molecule has 170 valence electrons. The highest BCUT2D eigenvalue weighted by molar-refractivity contribution is 6.05. The number of hydrogen-bond donors (Lipinski definition) is 1. The molecule has 3 atom stereocenters. The minimum Gasteiger partial charge on any atom is -0.465 e. The van der Waals surface area contributed by atoms with Crippen molar-refractivity contribution in [3.8, 4) is 0 Å². The van der Waals surface area contributed by atoms with E-state index in [4.69, 9.17) is 4.74 Å². The SMILES string of the molecule is CCCOC(=O)[C@@H]1CC[C@H](NC(=O)[C@@]2(C(F)(F)F)CC(c3cc(F)cc(F)c3)=NO2)C1. The monoisotopic (exact) mass is 448 g/mol. The van der Waals surface area contributed by atoms with E-state index in [1.807, 2.05) is 6.92 Å². The molecule has 1 aromatic rings. The van der Waals surface area contributed by atoms with Crippen LogP contribution < -0.4 is 5.32 Å². The Balaban J connectivity index is 1.71. The maximum Gasteiger partial charge on any atom is 0.440 e. The van der Waals surface area contributed by atoms with E-state index < -0.39 is 59.4 Å². The third kappa shape index (κ3) is 4.80. The molecule has 31 heavy (non-hydrogen) atoms. The van der Waals surface area contributed by atoms with Crippen LogP contribution in [0.25, 0.3) is 0 Å². The summed E-state index contributed by atoms with van der Waals surface area (Å²) in [5.41, 5.74) is -3.99. The van der Waals surface area contributed by atoms with Gasteiger partial charge in [0, 0.05) is 17.7 Å². The molecule has 1 fully saturated rings. The summed E-state index contributed by atoms with van der Waals surface area (Å²) in [6.07, 6.45) is -4.73. The Morgan fingerprint density at radius 1 is 1.23 bits per heavy atom. The third-order valence-corrected chi connectivity index (χ3v) is 5.30. The Bertz CT molecular complexity index is 869. The van der Waals surface area contributed by atoms with Gasteiger partial charge in [-0.15, -0.1) is 0 Å². The molecule has 1 amide bonds.